The zero-order chi connectivity index (χ0) is 8.62. The number of nitrogens with one attached hydrogen (secondary N) is 1. The minimum Gasteiger partial charge on any atom is -0.308 e. The molecule has 0 radical (unpaired) electrons. The Hall–Kier alpha value is 0.670. The fourth-order valence-corrected chi connectivity index (χ4v) is 0.871. The molecule has 0 amide bonds. The first-order chi connectivity index (χ1) is 4.41. The molecule has 0 aliphatic heterocycles. The largest absolute Gasteiger partial charge is 0.519 e. The van der Waals surface area contributed by atoms with Crippen LogP contribution in [-0.4, -0.2) is 11.5 Å². The summed E-state index contributed by atoms with van der Waals surface area (Å²) in [5.74, 6) is 0. The highest BCUT2D eigenvalue weighted by Crippen LogP contribution is 2.07. The van der Waals surface area contributed by atoms with Crippen LogP contribution in [-0.2, 0) is 0 Å². The van der Waals surface area contributed by atoms with Crippen LogP contribution in [0.4, 0.5) is 13.2 Å². The minimum atomic E-state index is -5.00. The van der Waals surface area contributed by atoms with Crippen molar-refractivity contribution in [3.05, 3.63) is 0 Å². The first-order valence-electron chi connectivity index (χ1n) is 1.78. The van der Waals surface area contributed by atoms with Gasteiger partial charge in [-0.25, -0.2) is 4.52 Å². The predicted octanol–water partition coefficient (Wildman–Crippen LogP) is 1.70. The fourth-order valence-electron chi connectivity index (χ4n) is 0.0323. The molecule has 0 bridgehead atoms. The van der Waals surface area contributed by atoms with E-state index >= 15 is 0 Å². The lowest BCUT2D eigenvalue weighted by Crippen LogP contribution is -2.01. The van der Waals surface area contributed by atoms with E-state index in [0.717, 1.165) is 0 Å². The maximum absolute atomic E-state index is 9.91. The van der Waals surface area contributed by atoms with Crippen LogP contribution in [0.1, 0.15) is 0 Å². The summed E-state index contributed by atoms with van der Waals surface area (Å²) in [6.07, 6.45) is -5.00. The van der Waals surface area contributed by atoms with Gasteiger partial charge < -0.3 is 5.11 Å². The van der Waals surface area contributed by atoms with Crippen molar-refractivity contribution in [3.8, 4) is 0 Å². The van der Waals surface area contributed by atoms with Gasteiger partial charge in [-0.3, -0.25) is 4.86 Å². The number of aliphatic hydroxyl groups is 1. The Morgan fingerprint density at radius 3 is 1.90 bits per heavy atom. The Bertz CT molecular complexity index is 80.3. The van der Waals surface area contributed by atoms with Crippen molar-refractivity contribution in [2.45, 2.75) is 6.36 Å². The number of hydrogen-bond donors (Lipinski definition) is 2. The fraction of sp³-hybridized carbons (Fsp3) is 1.00. The molecular weight excluding hydrogens is 206 g/mol. The highest BCUT2D eigenvalue weighted by Gasteiger charge is 2.20. The lowest BCUT2D eigenvalue weighted by Gasteiger charge is -1.86. The van der Waals surface area contributed by atoms with E-state index < -0.39 is 6.36 Å². The molecule has 0 fully saturated rings. The number of hydrogen-bond acceptors (Lipinski definition) is 3. The van der Waals surface area contributed by atoms with Gasteiger partial charge in [-0.1, -0.05) is 9.39 Å². The topological polar surface area (TPSA) is 44.6 Å². The van der Waals surface area contributed by atoms with Crippen molar-refractivity contribution in [1.82, 2.24) is 4.86 Å². The van der Waals surface area contributed by atoms with E-state index in [0.29, 0.717) is 8.88 Å². The summed E-state index contributed by atoms with van der Waals surface area (Å²) in [5, 5.41) is 6.52. The Labute approximate surface area is 62.2 Å². The average molecular weight is 212 g/mol. The third-order valence-corrected chi connectivity index (χ3v) is 1.08. The zero-order valence-corrected chi connectivity index (χ0v) is 7.76. The van der Waals surface area contributed by atoms with Gasteiger partial charge in [0.15, 0.2) is 0 Å². The second-order valence-electron chi connectivity index (χ2n) is 0.836. The quantitative estimate of drug-likeness (QED) is 0.684. The summed E-state index contributed by atoms with van der Waals surface area (Å²) in [6.45, 7) is 0. The smallest absolute Gasteiger partial charge is 0.308 e. The van der Waals surface area contributed by atoms with Gasteiger partial charge in [0.05, 0.1) is 8.88 Å². The van der Waals surface area contributed by atoms with Crippen molar-refractivity contribution in [1.29, 1.82) is 0 Å². The normalized spacial score (nSPS) is 10.9. The molecule has 0 saturated heterocycles. The van der Waals surface area contributed by atoms with Crippen LogP contribution >= 0.6 is 27.3 Å². The molecule has 0 aliphatic carbocycles. The molecule has 0 aromatic heterocycles. The van der Waals surface area contributed by atoms with Crippen LogP contribution in [0.5, 0.6) is 0 Å². The highest BCUT2D eigenvalue weighted by atomic mass is 31.1. The van der Waals surface area contributed by atoms with E-state index in [1.807, 2.05) is 0 Å². The van der Waals surface area contributed by atoms with Crippen molar-refractivity contribution < 1.29 is 18.3 Å². The minimum absolute atomic E-state index is 0.449. The summed E-state index contributed by atoms with van der Waals surface area (Å²) >= 11 is 0. The number of rotatable bonds is 2. The van der Waals surface area contributed by atoms with Crippen LogP contribution in [0.2, 0.25) is 0 Å². The SMILES string of the molecule is OC(F)(F)F.P=NPNP. The summed E-state index contributed by atoms with van der Waals surface area (Å²) in [7, 11) is 5.70. The molecule has 0 aromatic carbocycles. The van der Waals surface area contributed by atoms with E-state index in [-0.39, 0.29) is 0 Å². The van der Waals surface area contributed by atoms with Gasteiger partial charge in [-0.05, 0) is 9.03 Å². The number of halogens is 3. The van der Waals surface area contributed by atoms with Gasteiger partial charge in [0, 0.05) is 0 Å². The average Bonchev–Trinajstić information content (AvgIpc) is 1.63. The molecule has 2 unspecified atom stereocenters. The predicted molar refractivity (Wildman–Crippen MR) is 40.2 cm³/mol. The molecule has 0 aliphatic rings. The van der Waals surface area contributed by atoms with Crippen LogP contribution in [0.15, 0.2) is 4.52 Å². The van der Waals surface area contributed by atoms with Crippen LogP contribution in [0.3, 0.4) is 0 Å². The molecule has 0 aromatic rings. The van der Waals surface area contributed by atoms with Gasteiger partial charge >= 0.3 is 6.36 Å². The monoisotopic (exact) mass is 212 g/mol. The summed E-state index contributed by atoms with van der Waals surface area (Å²) in [5.41, 5.74) is 0. The Morgan fingerprint density at radius 1 is 1.60 bits per heavy atom. The molecule has 3 nitrogen and oxygen atoms in total. The van der Waals surface area contributed by atoms with Crippen LogP contribution in [0, 0.1) is 0 Å². The van der Waals surface area contributed by atoms with Crippen molar-refractivity contribution in [2.75, 3.05) is 0 Å². The van der Waals surface area contributed by atoms with E-state index in [4.69, 9.17) is 5.11 Å². The van der Waals surface area contributed by atoms with Gasteiger partial charge in [-0.15, -0.1) is 13.2 Å². The lowest BCUT2D eigenvalue weighted by molar-refractivity contribution is -0.295. The molecule has 9 heteroatoms. The molecule has 2 atom stereocenters. The second kappa shape index (κ2) is 7.77. The maximum atomic E-state index is 9.91. The van der Waals surface area contributed by atoms with Gasteiger partial charge in [0.25, 0.3) is 0 Å². The standard InChI is InChI=1S/CHF3O.H5N2P3/c2-1(3,4)5;3-1-5-2-4/h5H;1,4-5H,3H2. The third-order valence-electron chi connectivity index (χ3n) is 0.120. The first kappa shape index (κ1) is 13.3. The molecule has 2 N–H and O–H groups in total. The Kier molecular flexibility index (Phi) is 10.3. The van der Waals surface area contributed by atoms with Gasteiger partial charge in [0.1, 0.15) is 0 Å². The van der Waals surface area contributed by atoms with E-state index in [1.165, 1.54) is 0 Å². The van der Waals surface area contributed by atoms with E-state index in [1.54, 1.807) is 0 Å². The highest BCUT2D eigenvalue weighted by molar-refractivity contribution is 7.46. The molecule has 0 rings (SSSR count). The Morgan fingerprint density at radius 2 is 1.90 bits per heavy atom. The van der Waals surface area contributed by atoms with Crippen molar-refractivity contribution in [3.63, 3.8) is 0 Å². The van der Waals surface area contributed by atoms with Gasteiger partial charge in [0.2, 0.25) is 0 Å². The maximum Gasteiger partial charge on any atom is 0.519 e. The van der Waals surface area contributed by atoms with Crippen LogP contribution in [0.25, 0.3) is 0 Å². The second-order valence-corrected chi connectivity index (χ2v) is 3.11. The summed E-state index contributed by atoms with van der Waals surface area (Å²) in [4.78, 5) is 2.75. The van der Waals surface area contributed by atoms with Crippen molar-refractivity contribution in [2.24, 2.45) is 4.52 Å². The third kappa shape index (κ3) is 71.5. The number of nitrogens with zero attached hydrogens (tertiary/aromatic N) is 1. The molecular formula is CH6F3N2OP3. The summed E-state index contributed by atoms with van der Waals surface area (Å²) in [6, 6.07) is 0. The van der Waals surface area contributed by atoms with Gasteiger partial charge in [-0.2, -0.15) is 0 Å². The van der Waals surface area contributed by atoms with Crippen molar-refractivity contribution >= 4 is 27.3 Å². The summed E-state index contributed by atoms with van der Waals surface area (Å²) < 4.78 is 33.3. The van der Waals surface area contributed by atoms with Crippen LogP contribution < -0.4 is 4.86 Å². The molecule has 10 heavy (non-hydrogen) atoms. The molecule has 0 heterocycles. The Balaban J connectivity index is 0. The molecule has 62 valence electrons. The molecule has 0 saturated carbocycles. The number of alkyl halides is 3. The molecule has 0 spiro atoms. The van der Waals surface area contributed by atoms with E-state index in [2.05, 4.69) is 27.8 Å². The lowest BCUT2D eigenvalue weighted by atomic mass is 11.4. The van der Waals surface area contributed by atoms with E-state index in [9.17, 15) is 13.2 Å². The zero-order valence-electron chi connectivity index (χ0n) is 4.61. The first-order valence-corrected chi connectivity index (χ1v) is 3.75.